The Kier molecular flexibility index (Phi) is 3.30. The van der Waals surface area contributed by atoms with Gasteiger partial charge in [-0.15, -0.1) is 11.3 Å². The molecule has 0 saturated heterocycles. The summed E-state index contributed by atoms with van der Waals surface area (Å²) in [7, 11) is 1.91. The van der Waals surface area contributed by atoms with Crippen molar-refractivity contribution in [3.63, 3.8) is 0 Å². The van der Waals surface area contributed by atoms with E-state index in [1.165, 1.54) is 4.88 Å². The molecule has 0 fully saturated rings. The van der Waals surface area contributed by atoms with Crippen LogP contribution in [0.2, 0.25) is 0 Å². The average Bonchev–Trinajstić information content (AvgIpc) is 2.95. The fourth-order valence-electron chi connectivity index (χ4n) is 2.10. The molecule has 1 aromatic carbocycles. The SMILES string of the molecule is CNC(c1ccc2[nH]c(=O)oc2c1)c1sccc1Br. The second-order valence-corrected chi connectivity index (χ2v) is 5.93. The lowest BCUT2D eigenvalue weighted by Gasteiger charge is -2.15. The van der Waals surface area contributed by atoms with Crippen LogP contribution in [-0.4, -0.2) is 12.0 Å². The molecule has 2 N–H and O–H groups in total. The average molecular weight is 339 g/mol. The van der Waals surface area contributed by atoms with Crippen LogP contribution >= 0.6 is 27.3 Å². The molecule has 0 aliphatic rings. The summed E-state index contributed by atoms with van der Waals surface area (Å²) in [6, 6.07) is 7.83. The smallest absolute Gasteiger partial charge is 0.408 e. The molecule has 0 radical (unpaired) electrons. The van der Waals surface area contributed by atoms with Crippen molar-refractivity contribution in [3.05, 3.63) is 55.1 Å². The number of aromatic nitrogens is 1. The molecule has 0 aliphatic carbocycles. The van der Waals surface area contributed by atoms with E-state index in [0.29, 0.717) is 11.1 Å². The Bertz CT molecular complexity index is 774. The molecule has 3 aromatic rings. The van der Waals surface area contributed by atoms with Gasteiger partial charge in [0.15, 0.2) is 5.58 Å². The van der Waals surface area contributed by atoms with E-state index in [1.54, 1.807) is 11.3 Å². The lowest BCUT2D eigenvalue weighted by Crippen LogP contribution is -2.16. The van der Waals surface area contributed by atoms with Gasteiger partial charge < -0.3 is 9.73 Å². The first kappa shape index (κ1) is 12.7. The normalized spacial score (nSPS) is 12.9. The van der Waals surface area contributed by atoms with Gasteiger partial charge in [-0.2, -0.15) is 0 Å². The number of aromatic amines is 1. The zero-order valence-electron chi connectivity index (χ0n) is 10.1. The van der Waals surface area contributed by atoms with Crippen LogP contribution in [-0.2, 0) is 0 Å². The monoisotopic (exact) mass is 338 g/mol. The van der Waals surface area contributed by atoms with Crippen LogP contribution in [0.1, 0.15) is 16.5 Å². The van der Waals surface area contributed by atoms with Gasteiger partial charge in [0.25, 0.3) is 0 Å². The molecular formula is C13H11BrN2O2S. The maximum absolute atomic E-state index is 11.2. The molecule has 3 rings (SSSR count). The van der Waals surface area contributed by atoms with Crippen LogP contribution < -0.4 is 11.1 Å². The first-order chi connectivity index (χ1) is 9.19. The fourth-order valence-corrected chi connectivity index (χ4v) is 3.84. The Balaban J connectivity index is 2.11. The van der Waals surface area contributed by atoms with Gasteiger partial charge in [0.05, 0.1) is 11.6 Å². The van der Waals surface area contributed by atoms with Gasteiger partial charge in [0, 0.05) is 9.35 Å². The summed E-state index contributed by atoms with van der Waals surface area (Å²) in [6.07, 6.45) is 0. The quantitative estimate of drug-likeness (QED) is 0.770. The maximum Gasteiger partial charge on any atom is 0.417 e. The van der Waals surface area contributed by atoms with Crippen LogP contribution in [0.25, 0.3) is 11.1 Å². The summed E-state index contributed by atoms with van der Waals surface area (Å²) < 4.78 is 6.18. The summed E-state index contributed by atoms with van der Waals surface area (Å²) in [5.41, 5.74) is 2.35. The van der Waals surface area contributed by atoms with Gasteiger partial charge in [-0.3, -0.25) is 4.98 Å². The molecular weight excluding hydrogens is 328 g/mol. The van der Waals surface area contributed by atoms with Gasteiger partial charge in [0.1, 0.15) is 0 Å². The Morgan fingerprint density at radius 3 is 2.95 bits per heavy atom. The van der Waals surface area contributed by atoms with Gasteiger partial charge in [-0.05, 0) is 52.1 Å². The van der Waals surface area contributed by atoms with Crippen LogP contribution in [0.15, 0.2) is 43.3 Å². The van der Waals surface area contributed by atoms with Crippen LogP contribution in [0.3, 0.4) is 0 Å². The second-order valence-electron chi connectivity index (χ2n) is 4.12. The first-order valence-corrected chi connectivity index (χ1v) is 7.39. The number of hydrogen-bond acceptors (Lipinski definition) is 4. The minimum atomic E-state index is -0.425. The zero-order chi connectivity index (χ0) is 13.4. The lowest BCUT2D eigenvalue weighted by molar-refractivity contribution is 0.554. The number of halogens is 1. The van der Waals surface area contributed by atoms with Crippen molar-refractivity contribution in [2.75, 3.05) is 7.05 Å². The van der Waals surface area contributed by atoms with Crippen molar-refractivity contribution in [1.82, 2.24) is 10.3 Å². The van der Waals surface area contributed by atoms with Crippen LogP contribution in [0, 0.1) is 0 Å². The topological polar surface area (TPSA) is 58.0 Å². The van der Waals surface area contributed by atoms with Crippen LogP contribution in [0.4, 0.5) is 0 Å². The van der Waals surface area contributed by atoms with E-state index < -0.39 is 5.76 Å². The van der Waals surface area contributed by atoms with Crippen molar-refractivity contribution < 1.29 is 4.42 Å². The highest BCUT2D eigenvalue weighted by atomic mass is 79.9. The van der Waals surface area contributed by atoms with Gasteiger partial charge >= 0.3 is 5.76 Å². The summed E-state index contributed by atoms with van der Waals surface area (Å²) in [4.78, 5) is 15.0. The minimum Gasteiger partial charge on any atom is -0.408 e. The molecule has 6 heteroatoms. The Morgan fingerprint density at radius 2 is 2.26 bits per heavy atom. The van der Waals surface area contributed by atoms with E-state index >= 15 is 0 Å². The van der Waals surface area contributed by atoms with E-state index in [4.69, 9.17) is 4.42 Å². The van der Waals surface area contributed by atoms with Crippen molar-refractivity contribution >= 4 is 38.4 Å². The summed E-state index contributed by atoms with van der Waals surface area (Å²) in [5, 5.41) is 5.32. The highest BCUT2D eigenvalue weighted by Gasteiger charge is 2.17. The number of nitrogens with one attached hydrogen (secondary N) is 2. The molecule has 4 nitrogen and oxygen atoms in total. The summed E-state index contributed by atoms with van der Waals surface area (Å²) in [5.74, 6) is -0.425. The first-order valence-electron chi connectivity index (χ1n) is 5.72. The molecule has 1 unspecified atom stereocenters. The Labute approximate surface area is 121 Å². The summed E-state index contributed by atoms with van der Waals surface area (Å²) in [6.45, 7) is 0. The highest BCUT2D eigenvalue weighted by Crippen LogP contribution is 2.33. The molecule has 0 saturated carbocycles. The van der Waals surface area contributed by atoms with Gasteiger partial charge in [-0.1, -0.05) is 6.07 Å². The fraction of sp³-hybridized carbons (Fsp3) is 0.154. The van der Waals surface area contributed by atoms with E-state index in [2.05, 4.69) is 26.2 Å². The Morgan fingerprint density at radius 1 is 1.42 bits per heavy atom. The van der Waals surface area contributed by atoms with Gasteiger partial charge in [0.2, 0.25) is 0 Å². The van der Waals surface area contributed by atoms with Crippen molar-refractivity contribution in [3.8, 4) is 0 Å². The van der Waals surface area contributed by atoms with Crippen LogP contribution in [0.5, 0.6) is 0 Å². The standard InChI is InChI=1S/C13H11BrN2O2S/c1-15-11(12-8(14)4-5-19-12)7-2-3-9-10(6-7)18-13(17)16-9/h2-6,11,15H,1H3,(H,16,17). The predicted octanol–water partition coefficient (Wildman–Crippen LogP) is 3.25. The molecule has 0 aliphatic heterocycles. The second kappa shape index (κ2) is 4.96. The number of fused-ring (bicyclic) bond motifs is 1. The molecule has 0 spiro atoms. The van der Waals surface area contributed by atoms with E-state index in [0.717, 1.165) is 10.0 Å². The van der Waals surface area contributed by atoms with E-state index in [1.807, 2.05) is 36.7 Å². The number of benzene rings is 1. The molecule has 0 bridgehead atoms. The van der Waals surface area contributed by atoms with Crippen molar-refractivity contribution in [2.24, 2.45) is 0 Å². The number of hydrogen-bond donors (Lipinski definition) is 2. The van der Waals surface area contributed by atoms with E-state index in [9.17, 15) is 4.79 Å². The third-order valence-electron chi connectivity index (χ3n) is 2.97. The van der Waals surface area contributed by atoms with Gasteiger partial charge in [-0.25, -0.2) is 4.79 Å². The largest absolute Gasteiger partial charge is 0.417 e. The maximum atomic E-state index is 11.2. The summed E-state index contributed by atoms with van der Waals surface area (Å²) >= 11 is 5.23. The molecule has 1 atom stereocenters. The molecule has 98 valence electrons. The predicted molar refractivity (Wildman–Crippen MR) is 79.8 cm³/mol. The molecule has 0 amide bonds. The molecule has 2 aromatic heterocycles. The highest BCUT2D eigenvalue weighted by molar-refractivity contribution is 9.10. The molecule has 19 heavy (non-hydrogen) atoms. The zero-order valence-corrected chi connectivity index (χ0v) is 12.5. The minimum absolute atomic E-state index is 0.0685. The van der Waals surface area contributed by atoms with Crippen molar-refractivity contribution in [2.45, 2.75) is 6.04 Å². The number of thiophene rings is 1. The number of H-pyrrole nitrogens is 1. The Hall–Kier alpha value is -1.37. The number of oxazole rings is 1. The van der Waals surface area contributed by atoms with E-state index in [-0.39, 0.29) is 6.04 Å². The number of rotatable bonds is 3. The third kappa shape index (κ3) is 2.27. The van der Waals surface area contributed by atoms with Crippen molar-refractivity contribution in [1.29, 1.82) is 0 Å². The molecule has 2 heterocycles. The third-order valence-corrected chi connectivity index (χ3v) is 4.91. The lowest BCUT2D eigenvalue weighted by atomic mass is 10.1.